The molecule has 0 spiro atoms. The average Bonchev–Trinajstić information content (AvgIpc) is 2.63. The molecular formula is C14H28N2O. The van der Waals surface area contributed by atoms with E-state index in [1.807, 2.05) is 0 Å². The van der Waals surface area contributed by atoms with Gasteiger partial charge >= 0.3 is 0 Å². The van der Waals surface area contributed by atoms with E-state index in [9.17, 15) is 5.11 Å². The highest BCUT2D eigenvalue weighted by Gasteiger charge is 2.39. The maximum absolute atomic E-state index is 9.60. The van der Waals surface area contributed by atoms with Crippen LogP contribution in [-0.2, 0) is 0 Å². The van der Waals surface area contributed by atoms with E-state index >= 15 is 0 Å². The van der Waals surface area contributed by atoms with E-state index in [0.29, 0.717) is 11.5 Å². The summed E-state index contributed by atoms with van der Waals surface area (Å²) in [5.74, 6) is 0.744. The molecule has 0 radical (unpaired) electrons. The van der Waals surface area contributed by atoms with Crippen LogP contribution in [0.15, 0.2) is 0 Å². The van der Waals surface area contributed by atoms with E-state index in [4.69, 9.17) is 0 Å². The zero-order valence-corrected chi connectivity index (χ0v) is 11.6. The summed E-state index contributed by atoms with van der Waals surface area (Å²) in [6.45, 7) is 7.90. The van der Waals surface area contributed by atoms with Crippen molar-refractivity contribution in [2.75, 3.05) is 26.7 Å². The van der Waals surface area contributed by atoms with E-state index in [1.54, 1.807) is 0 Å². The summed E-state index contributed by atoms with van der Waals surface area (Å²) < 4.78 is 0. The molecular weight excluding hydrogens is 212 g/mol. The van der Waals surface area contributed by atoms with Gasteiger partial charge in [0.25, 0.3) is 0 Å². The normalized spacial score (nSPS) is 38.5. The molecule has 0 amide bonds. The topological polar surface area (TPSA) is 35.5 Å². The number of aliphatic hydroxyl groups excluding tert-OH is 1. The highest BCUT2D eigenvalue weighted by atomic mass is 16.3. The van der Waals surface area contributed by atoms with Gasteiger partial charge in [-0.25, -0.2) is 0 Å². The standard InChI is InChI=1S/C14H28N2O/c1-14(2)7-4-5-11(13(14)15-3)9-16-8-6-12(17)10-16/h11-13,15,17H,4-10H2,1-3H3. The van der Waals surface area contributed by atoms with Gasteiger partial charge in [-0.3, -0.25) is 0 Å². The number of aliphatic hydroxyl groups is 1. The first-order valence-corrected chi connectivity index (χ1v) is 7.10. The van der Waals surface area contributed by atoms with E-state index in [1.165, 1.54) is 19.3 Å². The monoisotopic (exact) mass is 240 g/mol. The summed E-state index contributed by atoms with van der Waals surface area (Å²) in [6.07, 6.45) is 4.89. The maximum Gasteiger partial charge on any atom is 0.0679 e. The molecule has 0 bridgehead atoms. The van der Waals surface area contributed by atoms with Crippen molar-refractivity contribution in [3.63, 3.8) is 0 Å². The number of nitrogens with zero attached hydrogens (tertiary/aromatic N) is 1. The van der Waals surface area contributed by atoms with E-state index < -0.39 is 0 Å². The molecule has 0 aromatic carbocycles. The first-order chi connectivity index (χ1) is 8.03. The van der Waals surface area contributed by atoms with Gasteiger partial charge in [0.05, 0.1) is 6.10 Å². The minimum atomic E-state index is -0.0837. The number of likely N-dealkylation sites (tertiary alicyclic amines) is 1. The number of hydrogen-bond donors (Lipinski definition) is 2. The Kier molecular flexibility index (Phi) is 4.11. The first-order valence-electron chi connectivity index (χ1n) is 7.10. The van der Waals surface area contributed by atoms with Crippen LogP contribution in [0.4, 0.5) is 0 Å². The van der Waals surface area contributed by atoms with E-state index in [0.717, 1.165) is 32.0 Å². The Morgan fingerprint density at radius 3 is 2.71 bits per heavy atom. The van der Waals surface area contributed by atoms with Gasteiger partial charge in [0.1, 0.15) is 0 Å². The molecule has 0 aromatic rings. The second kappa shape index (κ2) is 5.25. The van der Waals surface area contributed by atoms with Crippen molar-refractivity contribution in [3.8, 4) is 0 Å². The lowest BCUT2D eigenvalue weighted by atomic mass is 9.68. The van der Waals surface area contributed by atoms with Gasteiger partial charge in [0, 0.05) is 25.7 Å². The minimum absolute atomic E-state index is 0.0837. The van der Waals surface area contributed by atoms with Gasteiger partial charge < -0.3 is 15.3 Å². The summed E-state index contributed by atoms with van der Waals surface area (Å²) >= 11 is 0. The van der Waals surface area contributed by atoms with Crippen molar-refractivity contribution in [1.29, 1.82) is 0 Å². The Balaban J connectivity index is 1.94. The van der Waals surface area contributed by atoms with Crippen LogP contribution < -0.4 is 5.32 Å². The third-order valence-electron chi connectivity index (χ3n) is 4.76. The fourth-order valence-corrected chi connectivity index (χ4v) is 3.91. The predicted octanol–water partition coefficient (Wildman–Crippen LogP) is 1.47. The second-order valence-corrected chi connectivity index (χ2v) is 6.61. The van der Waals surface area contributed by atoms with Crippen molar-refractivity contribution in [1.82, 2.24) is 10.2 Å². The van der Waals surface area contributed by atoms with Crippen molar-refractivity contribution in [2.45, 2.75) is 51.7 Å². The molecule has 2 fully saturated rings. The Hall–Kier alpha value is -0.120. The molecule has 2 N–H and O–H groups in total. The molecule has 17 heavy (non-hydrogen) atoms. The largest absolute Gasteiger partial charge is 0.392 e. The summed E-state index contributed by atoms with van der Waals surface area (Å²) in [6, 6.07) is 0.619. The molecule has 100 valence electrons. The molecule has 0 aromatic heterocycles. The summed E-state index contributed by atoms with van der Waals surface area (Å²) in [5, 5.41) is 13.1. The average molecular weight is 240 g/mol. The van der Waals surface area contributed by atoms with Crippen LogP contribution in [0.2, 0.25) is 0 Å². The van der Waals surface area contributed by atoms with Crippen LogP contribution in [0.25, 0.3) is 0 Å². The Morgan fingerprint density at radius 2 is 2.12 bits per heavy atom. The fraction of sp³-hybridized carbons (Fsp3) is 1.00. The lowest BCUT2D eigenvalue weighted by Gasteiger charge is -2.45. The molecule has 2 aliphatic rings. The SMILES string of the molecule is CNC1C(CN2CCC(O)C2)CCCC1(C)C. The van der Waals surface area contributed by atoms with Gasteiger partial charge in [-0.1, -0.05) is 20.3 Å². The molecule has 3 atom stereocenters. The smallest absolute Gasteiger partial charge is 0.0679 e. The molecule has 2 rings (SSSR count). The third-order valence-corrected chi connectivity index (χ3v) is 4.76. The molecule has 1 aliphatic carbocycles. The highest BCUT2D eigenvalue weighted by molar-refractivity contribution is 4.94. The van der Waals surface area contributed by atoms with E-state index in [-0.39, 0.29) is 6.10 Å². The van der Waals surface area contributed by atoms with E-state index in [2.05, 4.69) is 31.1 Å². The highest BCUT2D eigenvalue weighted by Crippen LogP contribution is 2.39. The molecule has 1 saturated heterocycles. The van der Waals surface area contributed by atoms with Crippen LogP contribution in [0.1, 0.15) is 39.5 Å². The van der Waals surface area contributed by atoms with Crippen molar-refractivity contribution >= 4 is 0 Å². The van der Waals surface area contributed by atoms with Crippen LogP contribution in [0.5, 0.6) is 0 Å². The van der Waals surface area contributed by atoms with Crippen molar-refractivity contribution in [3.05, 3.63) is 0 Å². The van der Waals surface area contributed by atoms with Crippen LogP contribution in [-0.4, -0.2) is 48.8 Å². The van der Waals surface area contributed by atoms with Crippen LogP contribution in [0, 0.1) is 11.3 Å². The fourth-order valence-electron chi connectivity index (χ4n) is 3.91. The number of rotatable bonds is 3. The summed E-state index contributed by atoms with van der Waals surface area (Å²) in [5.41, 5.74) is 0.413. The second-order valence-electron chi connectivity index (χ2n) is 6.61. The molecule has 1 aliphatic heterocycles. The number of nitrogens with one attached hydrogen (secondary N) is 1. The number of hydrogen-bond acceptors (Lipinski definition) is 3. The van der Waals surface area contributed by atoms with Crippen molar-refractivity contribution in [2.24, 2.45) is 11.3 Å². The molecule has 3 heteroatoms. The number of β-amino-alcohol motifs (C(OH)–C–C–N with tert-alkyl or cyclic N) is 1. The first kappa shape index (κ1) is 13.3. The molecule has 1 saturated carbocycles. The maximum atomic E-state index is 9.60. The quantitative estimate of drug-likeness (QED) is 0.784. The lowest BCUT2D eigenvalue weighted by Crippen LogP contribution is -2.51. The Morgan fingerprint density at radius 1 is 1.35 bits per heavy atom. The Labute approximate surface area is 106 Å². The van der Waals surface area contributed by atoms with Gasteiger partial charge in [-0.05, 0) is 37.6 Å². The van der Waals surface area contributed by atoms with Gasteiger partial charge in [0.2, 0.25) is 0 Å². The van der Waals surface area contributed by atoms with Crippen molar-refractivity contribution < 1.29 is 5.11 Å². The Bertz CT molecular complexity index is 255. The minimum Gasteiger partial charge on any atom is -0.392 e. The molecule has 3 nitrogen and oxygen atoms in total. The summed E-state index contributed by atoms with van der Waals surface area (Å²) in [7, 11) is 2.10. The molecule has 3 unspecified atom stereocenters. The third kappa shape index (κ3) is 3.01. The molecule has 1 heterocycles. The zero-order chi connectivity index (χ0) is 12.5. The lowest BCUT2D eigenvalue weighted by molar-refractivity contribution is 0.0851. The van der Waals surface area contributed by atoms with Gasteiger partial charge in [-0.15, -0.1) is 0 Å². The van der Waals surface area contributed by atoms with Crippen LogP contribution in [0.3, 0.4) is 0 Å². The van der Waals surface area contributed by atoms with Gasteiger partial charge in [0.15, 0.2) is 0 Å². The summed E-state index contributed by atoms with van der Waals surface area (Å²) in [4.78, 5) is 2.45. The van der Waals surface area contributed by atoms with Gasteiger partial charge in [-0.2, -0.15) is 0 Å². The zero-order valence-electron chi connectivity index (χ0n) is 11.6. The predicted molar refractivity (Wildman–Crippen MR) is 71.0 cm³/mol. The van der Waals surface area contributed by atoms with Crippen LogP contribution >= 0.6 is 0 Å².